The van der Waals surface area contributed by atoms with Crippen LogP contribution in [-0.4, -0.2) is 42.0 Å². The molecule has 1 aromatic rings. The lowest BCUT2D eigenvalue weighted by Gasteiger charge is -2.16. The second kappa shape index (κ2) is 6.20. The van der Waals surface area contributed by atoms with E-state index in [1.54, 1.807) is 6.92 Å². The Morgan fingerprint density at radius 3 is 2.83 bits per heavy atom. The molecule has 0 atom stereocenters. The molecule has 1 heterocycles. The SMILES string of the molecule is CCOC(=O)CN(C)C(=O)c1cc(N)cnc1Cl. The average molecular weight is 272 g/mol. The average Bonchev–Trinajstić information content (AvgIpc) is 2.31. The number of carbonyl (C=O) groups excluding carboxylic acids is 2. The van der Waals surface area contributed by atoms with Crippen LogP contribution in [0.4, 0.5) is 5.69 Å². The minimum absolute atomic E-state index is 0.0462. The van der Waals surface area contributed by atoms with Gasteiger partial charge in [0.25, 0.3) is 5.91 Å². The van der Waals surface area contributed by atoms with Gasteiger partial charge < -0.3 is 15.4 Å². The molecule has 0 aliphatic carbocycles. The monoisotopic (exact) mass is 271 g/mol. The number of nitrogens with zero attached hydrogens (tertiary/aromatic N) is 2. The van der Waals surface area contributed by atoms with Crippen molar-refractivity contribution >= 4 is 29.2 Å². The number of aromatic nitrogens is 1. The number of carbonyl (C=O) groups is 2. The molecule has 0 unspecified atom stereocenters. The van der Waals surface area contributed by atoms with Crippen molar-refractivity contribution in [2.75, 3.05) is 25.9 Å². The third-order valence-electron chi connectivity index (χ3n) is 2.11. The summed E-state index contributed by atoms with van der Waals surface area (Å²) in [5.74, 6) is -0.922. The van der Waals surface area contributed by atoms with Gasteiger partial charge in [-0.05, 0) is 13.0 Å². The van der Waals surface area contributed by atoms with Crippen LogP contribution in [0.5, 0.6) is 0 Å². The Bertz CT molecular complexity index is 465. The Kier molecular flexibility index (Phi) is 4.91. The highest BCUT2D eigenvalue weighted by molar-refractivity contribution is 6.32. The van der Waals surface area contributed by atoms with Crippen LogP contribution in [0.15, 0.2) is 12.3 Å². The molecule has 6 nitrogen and oxygen atoms in total. The number of pyridine rings is 1. The highest BCUT2D eigenvalue weighted by Gasteiger charge is 2.19. The zero-order valence-corrected chi connectivity index (χ0v) is 10.9. The summed E-state index contributed by atoms with van der Waals surface area (Å²) in [6.45, 7) is 1.80. The van der Waals surface area contributed by atoms with E-state index in [1.807, 2.05) is 0 Å². The van der Waals surface area contributed by atoms with Gasteiger partial charge in [0.2, 0.25) is 0 Å². The molecular formula is C11H14ClN3O3. The van der Waals surface area contributed by atoms with E-state index in [9.17, 15) is 9.59 Å². The fourth-order valence-corrected chi connectivity index (χ4v) is 1.48. The summed E-state index contributed by atoms with van der Waals surface area (Å²) in [6.07, 6.45) is 1.35. The molecule has 2 N–H and O–H groups in total. The van der Waals surface area contributed by atoms with E-state index >= 15 is 0 Å². The van der Waals surface area contributed by atoms with Crippen molar-refractivity contribution in [3.05, 3.63) is 23.0 Å². The fourth-order valence-electron chi connectivity index (χ4n) is 1.29. The first-order valence-corrected chi connectivity index (χ1v) is 5.65. The number of nitrogens with two attached hydrogens (primary N) is 1. The van der Waals surface area contributed by atoms with Crippen molar-refractivity contribution in [3.63, 3.8) is 0 Å². The van der Waals surface area contributed by atoms with E-state index in [-0.39, 0.29) is 23.9 Å². The summed E-state index contributed by atoms with van der Waals surface area (Å²) in [6, 6.07) is 1.42. The number of amides is 1. The Hall–Kier alpha value is -1.82. The second-order valence-corrected chi connectivity index (χ2v) is 3.93. The van der Waals surface area contributed by atoms with Crippen LogP contribution in [0.1, 0.15) is 17.3 Å². The third-order valence-corrected chi connectivity index (χ3v) is 2.41. The number of esters is 1. The maximum absolute atomic E-state index is 12.0. The van der Waals surface area contributed by atoms with Gasteiger partial charge in [-0.2, -0.15) is 0 Å². The summed E-state index contributed by atoms with van der Waals surface area (Å²) in [4.78, 5) is 28.2. The van der Waals surface area contributed by atoms with Gasteiger partial charge in [0.1, 0.15) is 11.7 Å². The Balaban J connectivity index is 2.80. The number of halogens is 1. The molecule has 0 saturated heterocycles. The Morgan fingerprint density at radius 1 is 1.56 bits per heavy atom. The zero-order chi connectivity index (χ0) is 13.7. The molecule has 18 heavy (non-hydrogen) atoms. The lowest BCUT2D eigenvalue weighted by molar-refractivity contribution is -0.143. The first-order valence-electron chi connectivity index (χ1n) is 5.27. The predicted molar refractivity (Wildman–Crippen MR) is 67.3 cm³/mol. The smallest absolute Gasteiger partial charge is 0.325 e. The second-order valence-electron chi connectivity index (χ2n) is 3.57. The van der Waals surface area contributed by atoms with Gasteiger partial charge in [-0.15, -0.1) is 0 Å². The van der Waals surface area contributed by atoms with Crippen molar-refractivity contribution in [1.82, 2.24) is 9.88 Å². The maximum atomic E-state index is 12.0. The first kappa shape index (κ1) is 14.2. The highest BCUT2D eigenvalue weighted by atomic mass is 35.5. The molecule has 1 amide bonds. The summed E-state index contributed by atoms with van der Waals surface area (Å²) in [7, 11) is 1.47. The summed E-state index contributed by atoms with van der Waals surface area (Å²) >= 11 is 5.80. The van der Waals surface area contributed by atoms with Crippen LogP contribution in [0, 0.1) is 0 Å². The van der Waals surface area contributed by atoms with Crippen molar-refractivity contribution in [2.24, 2.45) is 0 Å². The third kappa shape index (κ3) is 3.59. The van der Waals surface area contributed by atoms with Gasteiger partial charge in [-0.1, -0.05) is 11.6 Å². The number of nitrogen functional groups attached to an aromatic ring is 1. The maximum Gasteiger partial charge on any atom is 0.325 e. The molecular weight excluding hydrogens is 258 g/mol. The van der Waals surface area contributed by atoms with Crippen molar-refractivity contribution < 1.29 is 14.3 Å². The fraction of sp³-hybridized carbons (Fsp3) is 0.364. The van der Waals surface area contributed by atoms with Gasteiger partial charge in [-0.25, -0.2) is 4.98 Å². The Labute approximate surface area is 110 Å². The molecule has 98 valence electrons. The van der Waals surface area contributed by atoms with Gasteiger partial charge in [0.15, 0.2) is 0 Å². The van der Waals surface area contributed by atoms with E-state index in [0.29, 0.717) is 5.69 Å². The largest absolute Gasteiger partial charge is 0.465 e. The van der Waals surface area contributed by atoms with Crippen LogP contribution in [0.2, 0.25) is 5.15 Å². The molecule has 1 rings (SSSR count). The molecule has 0 fully saturated rings. The molecule has 0 aliphatic heterocycles. The standard InChI is InChI=1S/C11H14ClN3O3/c1-3-18-9(16)6-15(2)11(17)8-4-7(13)5-14-10(8)12/h4-5H,3,6,13H2,1-2H3. The summed E-state index contributed by atoms with van der Waals surface area (Å²) < 4.78 is 4.75. The van der Waals surface area contributed by atoms with Gasteiger partial charge >= 0.3 is 5.97 Å². The Morgan fingerprint density at radius 2 is 2.22 bits per heavy atom. The normalized spacial score (nSPS) is 9.94. The minimum Gasteiger partial charge on any atom is -0.465 e. The van der Waals surface area contributed by atoms with E-state index < -0.39 is 11.9 Å². The molecule has 0 saturated carbocycles. The minimum atomic E-state index is -0.485. The number of rotatable bonds is 4. The van der Waals surface area contributed by atoms with Crippen LogP contribution < -0.4 is 5.73 Å². The molecule has 0 bridgehead atoms. The molecule has 0 spiro atoms. The number of anilines is 1. The van der Waals surface area contributed by atoms with E-state index in [0.717, 1.165) is 0 Å². The van der Waals surface area contributed by atoms with Crippen molar-refractivity contribution in [3.8, 4) is 0 Å². The number of likely N-dealkylation sites (N-methyl/N-ethyl adjacent to an activating group) is 1. The van der Waals surface area contributed by atoms with E-state index in [2.05, 4.69) is 4.98 Å². The topological polar surface area (TPSA) is 85.5 Å². The number of hydrogen-bond donors (Lipinski definition) is 1. The van der Waals surface area contributed by atoms with Crippen LogP contribution in [0.25, 0.3) is 0 Å². The van der Waals surface area contributed by atoms with E-state index in [4.69, 9.17) is 22.1 Å². The summed E-state index contributed by atoms with van der Waals surface area (Å²) in [5.41, 5.74) is 6.01. The highest BCUT2D eigenvalue weighted by Crippen LogP contribution is 2.17. The first-order chi connectivity index (χ1) is 8.45. The predicted octanol–water partition coefficient (Wildman–Crippen LogP) is 0.952. The summed E-state index contributed by atoms with van der Waals surface area (Å²) in [5, 5.41) is 0.0462. The van der Waals surface area contributed by atoms with Crippen LogP contribution in [-0.2, 0) is 9.53 Å². The lowest BCUT2D eigenvalue weighted by atomic mass is 10.2. The van der Waals surface area contributed by atoms with Crippen LogP contribution >= 0.6 is 11.6 Å². The van der Waals surface area contributed by atoms with E-state index in [1.165, 1.54) is 24.2 Å². The molecule has 0 aromatic carbocycles. The van der Waals surface area contributed by atoms with Gasteiger partial charge in [0.05, 0.1) is 24.1 Å². The lowest BCUT2D eigenvalue weighted by Crippen LogP contribution is -2.33. The molecule has 7 heteroatoms. The number of hydrogen-bond acceptors (Lipinski definition) is 5. The van der Waals surface area contributed by atoms with Crippen molar-refractivity contribution in [1.29, 1.82) is 0 Å². The zero-order valence-electron chi connectivity index (χ0n) is 10.1. The molecule has 1 aromatic heterocycles. The molecule has 0 aliphatic rings. The van der Waals surface area contributed by atoms with Gasteiger partial charge in [-0.3, -0.25) is 9.59 Å². The number of ether oxygens (including phenoxy) is 1. The van der Waals surface area contributed by atoms with Crippen LogP contribution in [0.3, 0.4) is 0 Å². The molecule has 0 radical (unpaired) electrons. The van der Waals surface area contributed by atoms with Crippen molar-refractivity contribution in [2.45, 2.75) is 6.92 Å². The van der Waals surface area contributed by atoms with Gasteiger partial charge in [0, 0.05) is 7.05 Å². The quantitative estimate of drug-likeness (QED) is 0.651.